The molecule has 0 spiro atoms. The molecule has 0 amide bonds. The summed E-state index contributed by atoms with van der Waals surface area (Å²) >= 11 is 1.69. The van der Waals surface area contributed by atoms with Gasteiger partial charge in [-0.2, -0.15) is 11.8 Å². The molecule has 1 aromatic carbocycles. The molecule has 120 valence electrons. The molecule has 0 aliphatic carbocycles. The minimum absolute atomic E-state index is 0.198. The van der Waals surface area contributed by atoms with Crippen LogP contribution in [0.3, 0.4) is 0 Å². The zero-order valence-electron chi connectivity index (χ0n) is 13.8. The Kier molecular flexibility index (Phi) is 8.15. The van der Waals surface area contributed by atoms with Gasteiger partial charge in [-0.1, -0.05) is 26.0 Å². The van der Waals surface area contributed by atoms with E-state index in [1.54, 1.807) is 11.8 Å². The number of ether oxygens (including phenoxy) is 1. The third-order valence-electron chi connectivity index (χ3n) is 3.52. The van der Waals surface area contributed by atoms with Crippen molar-refractivity contribution in [2.75, 3.05) is 19.5 Å². The average molecular weight is 311 g/mol. The number of benzene rings is 1. The van der Waals surface area contributed by atoms with Gasteiger partial charge in [-0.25, -0.2) is 0 Å². The standard InChI is InChI=1S/C17H29NO2S/c1-12(2)11-20-16-8-6-15(7-9-16)13(3)18-14(4)17(10-19)21-5/h6-9,12-14,17-19H,10-11H2,1-5H3. The molecule has 0 heterocycles. The van der Waals surface area contributed by atoms with Crippen LogP contribution in [0.1, 0.15) is 39.3 Å². The molecule has 1 rings (SSSR count). The molecule has 3 atom stereocenters. The van der Waals surface area contributed by atoms with E-state index in [1.807, 2.05) is 18.4 Å². The summed E-state index contributed by atoms with van der Waals surface area (Å²) in [6.45, 7) is 9.50. The summed E-state index contributed by atoms with van der Waals surface area (Å²) in [5, 5.41) is 13.1. The Morgan fingerprint density at radius 2 is 1.76 bits per heavy atom. The van der Waals surface area contributed by atoms with E-state index < -0.39 is 0 Å². The van der Waals surface area contributed by atoms with Crippen LogP contribution >= 0.6 is 11.8 Å². The van der Waals surface area contributed by atoms with Crippen LogP contribution in [0.5, 0.6) is 5.75 Å². The molecular formula is C17H29NO2S. The predicted molar refractivity (Wildman–Crippen MR) is 92.2 cm³/mol. The Morgan fingerprint density at radius 1 is 1.14 bits per heavy atom. The van der Waals surface area contributed by atoms with Gasteiger partial charge in [0.15, 0.2) is 0 Å². The van der Waals surface area contributed by atoms with Gasteiger partial charge < -0.3 is 15.2 Å². The second-order valence-electron chi connectivity index (χ2n) is 5.91. The lowest BCUT2D eigenvalue weighted by Crippen LogP contribution is -2.38. The first-order chi connectivity index (χ1) is 9.97. The molecule has 0 aromatic heterocycles. The summed E-state index contributed by atoms with van der Waals surface area (Å²) in [6, 6.07) is 8.77. The smallest absolute Gasteiger partial charge is 0.119 e. The molecule has 0 aliphatic heterocycles. The van der Waals surface area contributed by atoms with Crippen molar-refractivity contribution >= 4 is 11.8 Å². The highest BCUT2D eigenvalue weighted by Crippen LogP contribution is 2.20. The van der Waals surface area contributed by atoms with Gasteiger partial charge in [-0.15, -0.1) is 0 Å². The molecule has 2 N–H and O–H groups in total. The summed E-state index contributed by atoms with van der Waals surface area (Å²) in [5.41, 5.74) is 1.23. The van der Waals surface area contributed by atoms with Crippen molar-refractivity contribution in [2.45, 2.75) is 45.0 Å². The van der Waals surface area contributed by atoms with E-state index in [9.17, 15) is 5.11 Å². The second kappa shape index (κ2) is 9.34. The molecule has 0 radical (unpaired) electrons. The van der Waals surface area contributed by atoms with E-state index >= 15 is 0 Å². The number of aliphatic hydroxyl groups excluding tert-OH is 1. The fourth-order valence-corrected chi connectivity index (χ4v) is 2.79. The molecular weight excluding hydrogens is 282 g/mol. The maximum absolute atomic E-state index is 9.34. The molecule has 0 saturated carbocycles. The maximum Gasteiger partial charge on any atom is 0.119 e. The Hall–Kier alpha value is -0.710. The molecule has 3 unspecified atom stereocenters. The van der Waals surface area contributed by atoms with E-state index in [2.05, 4.69) is 45.1 Å². The van der Waals surface area contributed by atoms with Crippen LogP contribution in [0.15, 0.2) is 24.3 Å². The zero-order valence-corrected chi connectivity index (χ0v) is 14.6. The highest BCUT2D eigenvalue weighted by Gasteiger charge is 2.17. The maximum atomic E-state index is 9.34. The van der Waals surface area contributed by atoms with Crippen LogP contribution in [0, 0.1) is 5.92 Å². The topological polar surface area (TPSA) is 41.5 Å². The number of rotatable bonds is 9. The summed E-state index contributed by atoms with van der Waals surface area (Å²) in [4.78, 5) is 0. The molecule has 0 saturated heterocycles. The van der Waals surface area contributed by atoms with Crippen molar-refractivity contribution in [3.8, 4) is 5.75 Å². The fraction of sp³-hybridized carbons (Fsp3) is 0.647. The van der Waals surface area contributed by atoms with Crippen molar-refractivity contribution in [3.63, 3.8) is 0 Å². The quantitative estimate of drug-likeness (QED) is 0.732. The van der Waals surface area contributed by atoms with Crippen molar-refractivity contribution in [3.05, 3.63) is 29.8 Å². The third kappa shape index (κ3) is 6.29. The first-order valence-electron chi connectivity index (χ1n) is 7.60. The van der Waals surface area contributed by atoms with Gasteiger partial charge in [0.25, 0.3) is 0 Å². The SMILES string of the molecule is CSC(CO)C(C)NC(C)c1ccc(OCC(C)C)cc1. The first kappa shape index (κ1) is 18.3. The molecule has 21 heavy (non-hydrogen) atoms. The molecule has 0 aliphatic rings. The van der Waals surface area contributed by atoms with Crippen molar-refractivity contribution in [2.24, 2.45) is 5.92 Å². The van der Waals surface area contributed by atoms with Crippen LogP contribution < -0.4 is 10.1 Å². The van der Waals surface area contributed by atoms with Crippen LogP contribution in [0.25, 0.3) is 0 Å². The summed E-state index contributed by atoms with van der Waals surface area (Å²) < 4.78 is 5.70. The molecule has 1 aromatic rings. The first-order valence-corrected chi connectivity index (χ1v) is 8.89. The minimum atomic E-state index is 0.198. The van der Waals surface area contributed by atoms with Gasteiger partial charge in [0.05, 0.1) is 13.2 Å². The van der Waals surface area contributed by atoms with E-state index in [0.717, 1.165) is 12.4 Å². The Balaban J connectivity index is 2.56. The zero-order chi connectivity index (χ0) is 15.8. The number of hydrogen-bond donors (Lipinski definition) is 2. The highest BCUT2D eigenvalue weighted by atomic mass is 32.2. The van der Waals surface area contributed by atoms with E-state index in [-0.39, 0.29) is 23.9 Å². The Morgan fingerprint density at radius 3 is 2.24 bits per heavy atom. The lowest BCUT2D eigenvalue weighted by molar-refractivity contribution is 0.270. The molecule has 3 nitrogen and oxygen atoms in total. The summed E-state index contributed by atoms with van der Waals surface area (Å²) in [6.07, 6.45) is 2.03. The van der Waals surface area contributed by atoms with Crippen LogP contribution in [-0.2, 0) is 0 Å². The molecule has 0 fully saturated rings. The highest BCUT2D eigenvalue weighted by molar-refractivity contribution is 7.99. The van der Waals surface area contributed by atoms with Crippen LogP contribution in [0.2, 0.25) is 0 Å². The number of aliphatic hydroxyl groups is 1. The second-order valence-corrected chi connectivity index (χ2v) is 6.98. The van der Waals surface area contributed by atoms with Crippen molar-refractivity contribution in [1.29, 1.82) is 0 Å². The monoisotopic (exact) mass is 311 g/mol. The number of hydrogen-bond acceptors (Lipinski definition) is 4. The molecule has 4 heteroatoms. The van der Waals surface area contributed by atoms with Gasteiger partial charge in [0.1, 0.15) is 5.75 Å². The Labute approximate surface area is 133 Å². The average Bonchev–Trinajstić information content (AvgIpc) is 2.46. The van der Waals surface area contributed by atoms with E-state index in [4.69, 9.17) is 4.74 Å². The van der Waals surface area contributed by atoms with E-state index in [0.29, 0.717) is 5.92 Å². The fourth-order valence-electron chi connectivity index (χ4n) is 2.15. The lowest BCUT2D eigenvalue weighted by Gasteiger charge is -2.25. The van der Waals surface area contributed by atoms with Gasteiger partial charge >= 0.3 is 0 Å². The summed E-state index contributed by atoms with van der Waals surface area (Å²) in [5.74, 6) is 1.46. The van der Waals surface area contributed by atoms with Gasteiger partial charge in [0.2, 0.25) is 0 Å². The lowest BCUT2D eigenvalue weighted by atomic mass is 10.1. The number of thioether (sulfide) groups is 1. The normalized spacial score (nSPS) is 15.8. The van der Waals surface area contributed by atoms with Crippen molar-refractivity contribution < 1.29 is 9.84 Å². The van der Waals surface area contributed by atoms with Gasteiger partial charge in [-0.3, -0.25) is 0 Å². The molecule has 0 bridgehead atoms. The Bertz CT molecular complexity index is 390. The minimum Gasteiger partial charge on any atom is -0.493 e. The van der Waals surface area contributed by atoms with Gasteiger partial charge in [-0.05, 0) is 43.7 Å². The van der Waals surface area contributed by atoms with Crippen LogP contribution in [-0.4, -0.2) is 35.9 Å². The number of nitrogens with one attached hydrogen (secondary N) is 1. The third-order valence-corrected chi connectivity index (χ3v) is 4.68. The van der Waals surface area contributed by atoms with Gasteiger partial charge in [0, 0.05) is 17.3 Å². The van der Waals surface area contributed by atoms with Crippen LogP contribution in [0.4, 0.5) is 0 Å². The van der Waals surface area contributed by atoms with Crippen molar-refractivity contribution in [1.82, 2.24) is 5.32 Å². The largest absolute Gasteiger partial charge is 0.493 e. The summed E-state index contributed by atoms with van der Waals surface area (Å²) in [7, 11) is 0. The van der Waals surface area contributed by atoms with E-state index in [1.165, 1.54) is 5.56 Å². The predicted octanol–water partition coefficient (Wildman–Crippen LogP) is 3.48.